The standard InChI is InChI=1S/C26H28N5O5P/c1-4-6-7-22-30-24-25(31(22)15-18-9-11-21(16(3)12-18)36-37(33,34)35)19-10-8-17(14-28-23(32)5-2)13-20(19)29-26(24)27/h2,8-13H,4,6-7,14-15H2,1,3H3,(H2,27,29)(H,28,32)(H2,33,34,35). The number of benzene rings is 2. The molecule has 0 aliphatic rings. The Balaban J connectivity index is 1.80. The topological polar surface area (TPSA) is 153 Å². The molecule has 4 aromatic rings. The minimum Gasteiger partial charge on any atom is -0.404 e. The van der Waals surface area contributed by atoms with Gasteiger partial charge in [0.05, 0.1) is 11.0 Å². The number of phosphoric acid groups is 1. The zero-order valence-corrected chi connectivity index (χ0v) is 21.5. The largest absolute Gasteiger partial charge is 0.524 e. The van der Waals surface area contributed by atoms with Gasteiger partial charge in [0, 0.05) is 24.9 Å². The van der Waals surface area contributed by atoms with Crippen molar-refractivity contribution in [2.24, 2.45) is 0 Å². The summed E-state index contributed by atoms with van der Waals surface area (Å²) in [6.07, 6.45) is 7.82. The number of carbonyl (C=O) groups excluding carboxylic acids is 1. The number of rotatable bonds is 9. The fraction of sp³-hybridized carbons (Fsp3) is 0.269. The van der Waals surface area contributed by atoms with Crippen LogP contribution in [0, 0.1) is 19.3 Å². The minimum atomic E-state index is -4.66. The molecule has 0 saturated carbocycles. The molecule has 0 bridgehead atoms. The number of fused-ring (bicyclic) bond motifs is 3. The lowest BCUT2D eigenvalue weighted by atomic mass is 10.1. The van der Waals surface area contributed by atoms with Gasteiger partial charge in [0.2, 0.25) is 0 Å². The molecule has 0 fully saturated rings. The third-order valence-electron chi connectivity index (χ3n) is 5.98. The van der Waals surface area contributed by atoms with E-state index in [2.05, 4.69) is 21.8 Å². The number of nitrogens with two attached hydrogens (primary N) is 1. The molecule has 2 aromatic carbocycles. The van der Waals surface area contributed by atoms with Gasteiger partial charge in [-0.05, 0) is 48.1 Å². The first kappa shape index (κ1) is 26.2. The van der Waals surface area contributed by atoms with Crippen molar-refractivity contribution in [3.63, 3.8) is 0 Å². The second kappa shape index (κ2) is 10.6. The SMILES string of the molecule is C#CC(=O)NCc1ccc2c(c1)nc(N)c1nc(CCCC)n(Cc3ccc(OP(=O)(O)O)c(C)c3)c12. The van der Waals surface area contributed by atoms with Gasteiger partial charge < -0.3 is 20.1 Å². The molecule has 0 aliphatic carbocycles. The maximum absolute atomic E-state index is 11.5. The molecular formula is C26H28N5O5P. The average Bonchev–Trinajstić information content (AvgIpc) is 3.20. The molecule has 11 heteroatoms. The van der Waals surface area contributed by atoms with Crippen molar-refractivity contribution in [3.8, 4) is 18.1 Å². The number of aryl methyl sites for hydroxylation is 2. The molecule has 0 radical (unpaired) electrons. The van der Waals surface area contributed by atoms with Crippen LogP contribution in [0.4, 0.5) is 5.82 Å². The molecular weight excluding hydrogens is 493 g/mol. The quantitative estimate of drug-likeness (QED) is 0.193. The summed E-state index contributed by atoms with van der Waals surface area (Å²) in [4.78, 5) is 39.2. The highest BCUT2D eigenvalue weighted by atomic mass is 31.2. The van der Waals surface area contributed by atoms with E-state index in [1.165, 1.54) is 0 Å². The summed E-state index contributed by atoms with van der Waals surface area (Å²) in [5.41, 5.74) is 10.8. The number of nitrogen functional groups attached to an aromatic ring is 1. The monoisotopic (exact) mass is 521 g/mol. The molecule has 2 heterocycles. The summed E-state index contributed by atoms with van der Waals surface area (Å²) in [6.45, 7) is 4.57. The van der Waals surface area contributed by atoms with Gasteiger partial charge in [-0.2, -0.15) is 0 Å². The van der Waals surface area contributed by atoms with E-state index in [-0.39, 0.29) is 12.3 Å². The van der Waals surface area contributed by atoms with Crippen LogP contribution in [0.5, 0.6) is 5.75 Å². The molecule has 0 saturated heterocycles. The van der Waals surface area contributed by atoms with Crippen LogP contribution in [0.25, 0.3) is 21.9 Å². The van der Waals surface area contributed by atoms with Crippen molar-refractivity contribution < 1.29 is 23.7 Å². The number of unbranched alkanes of at least 4 members (excludes halogenated alkanes) is 1. The van der Waals surface area contributed by atoms with Gasteiger partial charge in [-0.15, -0.1) is 6.42 Å². The minimum absolute atomic E-state index is 0.127. The van der Waals surface area contributed by atoms with E-state index in [9.17, 15) is 9.36 Å². The van der Waals surface area contributed by atoms with E-state index in [0.29, 0.717) is 29.0 Å². The Morgan fingerprint density at radius 1 is 1.22 bits per heavy atom. The Bertz CT molecular complexity index is 1580. The third-order valence-corrected chi connectivity index (χ3v) is 6.42. The normalized spacial score (nSPS) is 11.5. The summed E-state index contributed by atoms with van der Waals surface area (Å²) in [6, 6.07) is 10.9. The second-order valence-electron chi connectivity index (χ2n) is 8.77. The van der Waals surface area contributed by atoms with Crippen LogP contribution in [0.15, 0.2) is 36.4 Å². The second-order valence-corrected chi connectivity index (χ2v) is 9.94. The molecule has 2 aromatic heterocycles. The molecule has 192 valence electrons. The highest BCUT2D eigenvalue weighted by Crippen LogP contribution is 2.39. The van der Waals surface area contributed by atoms with E-state index in [1.807, 2.05) is 30.2 Å². The Kier molecular flexibility index (Phi) is 7.50. The number of pyridine rings is 1. The van der Waals surface area contributed by atoms with Gasteiger partial charge in [-0.1, -0.05) is 37.6 Å². The predicted octanol–water partition coefficient (Wildman–Crippen LogP) is 3.59. The third kappa shape index (κ3) is 5.92. The van der Waals surface area contributed by atoms with Crippen LogP contribution >= 0.6 is 7.82 Å². The van der Waals surface area contributed by atoms with Crippen LogP contribution in [-0.4, -0.2) is 30.2 Å². The van der Waals surface area contributed by atoms with Crippen molar-refractivity contribution >= 4 is 41.5 Å². The predicted molar refractivity (Wildman–Crippen MR) is 142 cm³/mol. The summed E-state index contributed by atoms with van der Waals surface area (Å²) in [5, 5.41) is 3.51. The highest BCUT2D eigenvalue weighted by Gasteiger charge is 2.20. The number of anilines is 1. The number of hydrogen-bond acceptors (Lipinski definition) is 6. The summed E-state index contributed by atoms with van der Waals surface area (Å²) >= 11 is 0. The number of carbonyl (C=O) groups is 1. The number of nitrogens with zero attached hydrogens (tertiary/aromatic N) is 3. The fourth-order valence-electron chi connectivity index (χ4n) is 4.27. The zero-order valence-electron chi connectivity index (χ0n) is 20.6. The molecule has 0 spiro atoms. The number of nitrogens with one attached hydrogen (secondary N) is 1. The van der Waals surface area contributed by atoms with Gasteiger partial charge in [-0.25, -0.2) is 14.5 Å². The number of hydrogen-bond donors (Lipinski definition) is 4. The number of imidazole rings is 1. The molecule has 0 atom stereocenters. The van der Waals surface area contributed by atoms with Crippen LogP contribution in [-0.2, 0) is 28.9 Å². The van der Waals surface area contributed by atoms with Gasteiger partial charge in [0.25, 0.3) is 5.91 Å². The Morgan fingerprint density at radius 3 is 2.65 bits per heavy atom. The average molecular weight is 522 g/mol. The van der Waals surface area contributed by atoms with Crippen molar-refractivity contribution in [2.75, 3.05) is 5.73 Å². The van der Waals surface area contributed by atoms with Crippen LogP contribution in [0.1, 0.15) is 42.3 Å². The van der Waals surface area contributed by atoms with Crippen LogP contribution in [0.3, 0.4) is 0 Å². The summed E-state index contributed by atoms with van der Waals surface area (Å²) in [7, 11) is -4.66. The zero-order chi connectivity index (χ0) is 26.7. The highest BCUT2D eigenvalue weighted by molar-refractivity contribution is 7.46. The maximum Gasteiger partial charge on any atom is 0.524 e. The number of phosphoric ester groups is 1. The Morgan fingerprint density at radius 2 is 1.97 bits per heavy atom. The smallest absolute Gasteiger partial charge is 0.404 e. The molecule has 4 rings (SSSR count). The summed E-state index contributed by atoms with van der Waals surface area (Å²) in [5.74, 6) is 2.85. The van der Waals surface area contributed by atoms with Crippen LogP contribution < -0.4 is 15.6 Å². The number of amides is 1. The first-order valence-corrected chi connectivity index (χ1v) is 13.3. The van der Waals surface area contributed by atoms with E-state index in [1.54, 1.807) is 19.1 Å². The van der Waals surface area contributed by atoms with Gasteiger partial charge >= 0.3 is 7.82 Å². The fourth-order valence-corrected chi connectivity index (χ4v) is 4.73. The summed E-state index contributed by atoms with van der Waals surface area (Å²) < 4.78 is 18.2. The lowest BCUT2D eigenvalue weighted by Crippen LogP contribution is -2.20. The van der Waals surface area contributed by atoms with E-state index in [4.69, 9.17) is 31.5 Å². The molecule has 0 aliphatic heterocycles. The molecule has 1 amide bonds. The van der Waals surface area contributed by atoms with E-state index < -0.39 is 13.7 Å². The first-order chi connectivity index (χ1) is 17.6. The van der Waals surface area contributed by atoms with Crippen molar-refractivity contribution in [1.29, 1.82) is 0 Å². The van der Waals surface area contributed by atoms with Crippen molar-refractivity contribution in [3.05, 3.63) is 58.9 Å². The van der Waals surface area contributed by atoms with Gasteiger partial charge in [0.15, 0.2) is 5.82 Å². The van der Waals surface area contributed by atoms with E-state index in [0.717, 1.165) is 47.1 Å². The van der Waals surface area contributed by atoms with Crippen LogP contribution in [0.2, 0.25) is 0 Å². The molecule has 5 N–H and O–H groups in total. The van der Waals surface area contributed by atoms with Gasteiger partial charge in [-0.3, -0.25) is 14.6 Å². The molecule has 10 nitrogen and oxygen atoms in total. The van der Waals surface area contributed by atoms with E-state index >= 15 is 0 Å². The van der Waals surface area contributed by atoms with Crippen molar-refractivity contribution in [1.82, 2.24) is 19.9 Å². The molecule has 0 unspecified atom stereocenters. The number of terminal acetylenes is 1. The Labute approximate surface area is 214 Å². The lowest BCUT2D eigenvalue weighted by molar-refractivity contribution is -0.115. The number of aromatic nitrogens is 3. The first-order valence-electron chi connectivity index (χ1n) is 11.8. The maximum atomic E-state index is 11.5. The Hall–Kier alpha value is -3.90. The lowest BCUT2D eigenvalue weighted by Gasteiger charge is -2.14. The molecule has 37 heavy (non-hydrogen) atoms. The van der Waals surface area contributed by atoms with Crippen molar-refractivity contribution in [2.45, 2.75) is 46.2 Å². The van der Waals surface area contributed by atoms with Gasteiger partial charge in [0.1, 0.15) is 17.1 Å².